The average molecular weight is 301 g/mol. The Labute approximate surface area is 110 Å². The molecule has 94 valence electrons. The Morgan fingerprint density at radius 1 is 1.47 bits per heavy atom. The largest absolute Gasteiger partial charge is 0.308 e. The van der Waals surface area contributed by atoms with Crippen molar-refractivity contribution in [2.75, 3.05) is 0 Å². The third kappa shape index (κ3) is 4.09. The molecule has 0 saturated carbocycles. The van der Waals surface area contributed by atoms with Crippen LogP contribution < -0.4 is 5.32 Å². The summed E-state index contributed by atoms with van der Waals surface area (Å²) in [6.45, 7) is 6.96. The first-order valence-corrected chi connectivity index (χ1v) is 6.33. The fourth-order valence-corrected chi connectivity index (χ4v) is 1.67. The summed E-state index contributed by atoms with van der Waals surface area (Å²) >= 11 is 3.17. The van der Waals surface area contributed by atoms with Gasteiger partial charge in [0.05, 0.1) is 9.40 Å². The van der Waals surface area contributed by atoms with Crippen LogP contribution in [0.15, 0.2) is 22.7 Å². The molecule has 0 unspecified atom stereocenters. The number of benzene rings is 1. The monoisotopic (exact) mass is 300 g/mol. The maximum Gasteiger partial charge on any atom is 0.283 e. The van der Waals surface area contributed by atoms with Gasteiger partial charge < -0.3 is 5.32 Å². The van der Waals surface area contributed by atoms with E-state index in [9.17, 15) is 10.1 Å². The molecule has 4 nitrogen and oxygen atoms in total. The van der Waals surface area contributed by atoms with Gasteiger partial charge >= 0.3 is 0 Å². The van der Waals surface area contributed by atoms with Crippen LogP contribution in [0.5, 0.6) is 0 Å². The molecule has 0 spiro atoms. The van der Waals surface area contributed by atoms with Crippen LogP contribution in [0.3, 0.4) is 0 Å². The van der Waals surface area contributed by atoms with Crippen molar-refractivity contribution in [3.05, 3.63) is 38.3 Å². The van der Waals surface area contributed by atoms with Gasteiger partial charge in [0.15, 0.2) is 0 Å². The van der Waals surface area contributed by atoms with E-state index in [1.54, 1.807) is 12.1 Å². The quantitative estimate of drug-likeness (QED) is 0.667. The van der Waals surface area contributed by atoms with Crippen LogP contribution in [0.1, 0.15) is 32.8 Å². The molecule has 0 aliphatic rings. The second-order valence-electron chi connectivity index (χ2n) is 4.63. The van der Waals surface area contributed by atoms with Crippen molar-refractivity contribution in [1.29, 1.82) is 0 Å². The van der Waals surface area contributed by atoms with Gasteiger partial charge in [0.25, 0.3) is 5.69 Å². The number of nitrogens with zero attached hydrogens (tertiary/aromatic N) is 1. The molecule has 5 heteroatoms. The minimum atomic E-state index is -0.376. The third-order valence-electron chi connectivity index (χ3n) is 2.86. The number of hydrogen-bond donors (Lipinski definition) is 1. The molecule has 0 radical (unpaired) electrons. The number of nitro groups is 1. The number of hydrogen-bond acceptors (Lipinski definition) is 3. The van der Waals surface area contributed by atoms with Gasteiger partial charge in [0.2, 0.25) is 0 Å². The van der Waals surface area contributed by atoms with E-state index in [1.807, 2.05) is 6.07 Å². The predicted octanol–water partition coefficient (Wildman–Crippen LogP) is 3.64. The van der Waals surface area contributed by atoms with Gasteiger partial charge in [-0.1, -0.05) is 13.0 Å². The highest BCUT2D eigenvalue weighted by Crippen LogP contribution is 2.25. The van der Waals surface area contributed by atoms with Gasteiger partial charge in [-0.15, -0.1) is 0 Å². The summed E-state index contributed by atoms with van der Waals surface area (Å²) in [5.41, 5.74) is 1.07. The van der Waals surface area contributed by atoms with E-state index in [1.165, 1.54) is 0 Å². The maximum absolute atomic E-state index is 10.8. The molecular formula is C12H17BrN2O2. The van der Waals surface area contributed by atoms with E-state index in [4.69, 9.17) is 0 Å². The second kappa shape index (κ2) is 5.60. The Morgan fingerprint density at radius 2 is 2.12 bits per heavy atom. The first-order valence-electron chi connectivity index (χ1n) is 5.53. The highest BCUT2D eigenvalue weighted by atomic mass is 79.9. The summed E-state index contributed by atoms with van der Waals surface area (Å²) in [5, 5.41) is 14.2. The van der Waals surface area contributed by atoms with Crippen molar-refractivity contribution in [1.82, 2.24) is 5.32 Å². The minimum absolute atomic E-state index is 0.0435. The Bertz CT molecular complexity index is 419. The van der Waals surface area contributed by atoms with E-state index in [2.05, 4.69) is 42.0 Å². The lowest BCUT2D eigenvalue weighted by molar-refractivity contribution is -0.385. The summed E-state index contributed by atoms with van der Waals surface area (Å²) in [5.74, 6) is 0. The zero-order valence-electron chi connectivity index (χ0n) is 10.3. The summed E-state index contributed by atoms with van der Waals surface area (Å²) in [4.78, 5) is 10.4. The molecule has 0 aliphatic carbocycles. The molecule has 0 aliphatic heterocycles. The van der Waals surface area contributed by atoms with Crippen molar-refractivity contribution in [2.24, 2.45) is 0 Å². The Morgan fingerprint density at radius 3 is 2.65 bits per heavy atom. The highest BCUT2D eigenvalue weighted by Gasteiger charge is 2.16. The van der Waals surface area contributed by atoms with Crippen LogP contribution in [0.4, 0.5) is 5.69 Å². The number of nitro benzene ring substituents is 1. The zero-order valence-corrected chi connectivity index (χ0v) is 11.9. The molecule has 0 bridgehead atoms. The Kier molecular flexibility index (Phi) is 4.65. The average Bonchev–Trinajstić information content (AvgIpc) is 2.27. The predicted molar refractivity (Wildman–Crippen MR) is 72.0 cm³/mol. The van der Waals surface area contributed by atoms with Gasteiger partial charge in [-0.2, -0.15) is 0 Å². The molecule has 1 N–H and O–H groups in total. The van der Waals surface area contributed by atoms with Crippen LogP contribution in [0.2, 0.25) is 0 Å². The number of nitrogens with one attached hydrogen (secondary N) is 1. The number of halogens is 1. The standard InChI is InChI=1S/C12H17BrN2O2/c1-4-12(2,3)14-8-9-5-6-10(13)11(7-9)15(16)17/h5-7,14H,4,8H2,1-3H3. The van der Waals surface area contributed by atoms with E-state index < -0.39 is 0 Å². The highest BCUT2D eigenvalue weighted by molar-refractivity contribution is 9.10. The molecule has 17 heavy (non-hydrogen) atoms. The van der Waals surface area contributed by atoms with Gasteiger partial charge in [-0.25, -0.2) is 0 Å². The molecule has 0 amide bonds. The van der Waals surface area contributed by atoms with Crippen LogP contribution in [0.25, 0.3) is 0 Å². The fraction of sp³-hybridized carbons (Fsp3) is 0.500. The van der Waals surface area contributed by atoms with Crippen LogP contribution in [0, 0.1) is 10.1 Å². The van der Waals surface area contributed by atoms with Crippen molar-refractivity contribution >= 4 is 21.6 Å². The molecule has 0 atom stereocenters. The molecule has 1 rings (SSSR count). The first-order chi connectivity index (χ1) is 7.85. The smallest absolute Gasteiger partial charge is 0.283 e. The van der Waals surface area contributed by atoms with Gasteiger partial charge in [0, 0.05) is 18.2 Å². The Hall–Kier alpha value is -0.940. The summed E-state index contributed by atoms with van der Waals surface area (Å²) in [6, 6.07) is 5.20. The van der Waals surface area contributed by atoms with Crippen LogP contribution in [-0.4, -0.2) is 10.5 Å². The SMILES string of the molecule is CCC(C)(C)NCc1ccc(Br)c([N+](=O)[O-])c1. The lowest BCUT2D eigenvalue weighted by Crippen LogP contribution is -2.37. The zero-order chi connectivity index (χ0) is 13.1. The molecule has 0 fully saturated rings. The second-order valence-corrected chi connectivity index (χ2v) is 5.49. The van der Waals surface area contributed by atoms with Crippen molar-refractivity contribution < 1.29 is 4.92 Å². The van der Waals surface area contributed by atoms with Crippen LogP contribution in [-0.2, 0) is 6.54 Å². The van der Waals surface area contributed by atoms with E-state index in [0.717, 1.165) is 12.0 Å². The van der Waals surface area contributed by atoms with Crippen molar-refractivity contribution in [2.45, 2.75) is 39.3 Å². The molecular weight excluding hydrogens is 284 g/mol. The number of rotatable bonds is 5. The third-order valence-corrected chi connectivity index (χ3v) is 3.53. The minimum Gasteiger partial charge on any atom is -0.308 e. The molecule has 0 heterocycles. The summed E-state index contributed by atoms with van der Waals surface area (Å²) < 4.78 is 0.515. The van der Waals surface area contributed by atoms with Crippen molar-refractivity contribution in [3.8, 4) is 0 Å². The van der Waals surface area contributed by atoms with Gasteiger partial charge in [0.1, 0.15) is 0 Å². The molecule has 0 aromatic heterocycles. The van der Waals surface area contributed by atoms with E-state index in [0.29, 0.717) is 11.0 Å². The van der Waals surface area contributed by atoms with E-state index in [-0.39, 0.29) is 16.1 Å². The Balaban J connectivity index is 2.80. The lowest BCUT2D eigenvalue weighted by atomic mass is 10.0. The normalized spacial score (nSPS) is 11.5. The summed E-state index contributed by atoms with van der Waals surface area (Å²) in [7, 11) is 0. The summed E-state index contributed by atoms with van der Waals surface area (Å²) in [6.07, 6.45) is 1.01. The fourth-order valence-electron chi connectivity index (χ4n) is 1.27. The molecule has 0 saturated heterocycles. The van der Waals surface area contributed by atoms with Gasteiger partial charge in [-0.3, -0.25) is 10.1 Å². The van der Waals surface area contributed by atoms with Gasteiger partial charge in [-0.05, 0) is 47.8 Å². The van der Waals surface area contributed by atoms with Crippen molar-refractivity contribution in [3.63, 3.8) is 0 Å². The maximum atomic E-state index is 10.8. The molecule has 1 aromatic rings. The van der Waals surface area contributed by atoms with Crippen LogP contribution >= 0.6 is 15.9 Å². The van der Waals surface area contributed by atoms with E-state index >= 15 is 0 Å². The molecule has 1 aromatic carbocycles. The topological polar surface area (TPSA) is 55.2 Å². The first kappa shape index (κ1) is 14.1. The lowest BCUT2D eigenvalue weighted by Gasteiger charge is -2.24.